The molecule has 3 aromatic heterocycles. The van der Waals surface area contributed by atoms with Gasteiger partial charge in [0.1, 0.15) is 18.1 Å². The minimum atomic E-state index is -0.567. The highest BCUT2D eigenvalue weighted by Crippen LogP contribution is 2.35. The molecule has 0 aliphatic rings. The number of carbonyl (C=O) groups excluding carboxylic acids is 1. The number of esters is 1. The van der Waals surface area contributed by atoms with E-state index in [1.54, 1.807) is 20.2 Å². The molecular formula is C26H23N3O5. The Kier molecular flexibility index (Phi) is 5.97. The first kappa shape index (κ1) is 21.7. The van der Waals surface area contributed by atoms with Gasteiger partial charge in [0.25, 0.3) is 0 Å². The molecule has 34 heavy (non-hydrogen) atoms. The molecule has 0 spiro atoms. The zero-order valence-electron chi connectivity index (χ0n) is 18.8. The van der Waals surface area contributed by atoms with E-state index in [0.29, 0.717) is 24.6 Å². The molecule has 0 aliphatic carbocycles. The van der Waals surface area contributed by atoms with Crippen LogP contribution < -0.4 is 4.74 Å². The maximum absolute atomic E-state index is 12.0. The van der Waals surface area contributed by atoms with Gasteiger partial charge in [-0.1, -0.05) is 35.5 Å². The average Bonchev–Trinajstić information content (AvgIpc) is 3.49. The van der Waals surface area contributed by atoms with E-state index in [4.69, 9.17) is 18.7 Å². The van der Waals surface area contributed by atoms with Crippen LogP contribution in [0.5, 0.6) is 5.75 Å². The van der Waals surface area contributed by atoms with Gasteiger partial charge >= 0.3 is 5.97 Å². The summed E-state index contributed by atoms with van der Waals surface area (Å²) >= 11 is 0. The third kappa shape index (κ3) is 4.11. The monoisotopic (exact) mass is 457 g/mol. The summed E-state index contributed by atoms with van der Waals surface area (Å²) in [5.74, 6) is 0.213. The fourth-order valence-corrected chi connectivity index (χ4v) is 3.96. The van der Waals surface area contributed by atoms with E-state index in [1.165, 1.54) is 6.07 Å². The summed E-state index contributed by atoms with van der Waals surface area (Å²) in [6, 6.07) is 17.5. The third-order valence-corrected chi connectivity index (χ3v) is 5.48. The number of ether oxygens (including phenoxy) is 3. The van der Waals surface area contributed by atoms with Gasteiger partial charge in [0.2, 0.25) is 5.76 Å². The van der Waals surface area contributed by atoms with Crippen LogP contribution in [0.2, 0.25) is 0 Å². The molecule has 0 atom stereocenters. The fraction of sp³-hybridized carbons (Fsp3) is 0.192. The van der Waals surface area contributed by atoms with E-state index in [0.717, 1.165) is 38.7 Å². The van der Waals surface area contributed by atoms with Gasteiger partial charge in [-0.15, -0.1) is 0 Å². The molecule has 3 heterocycles. The summed E-state index contributed by atoms with van der Waals surface area (Å²) in [6.45, 7) is 2.75. The maximum Gasteiger partial charge on any atom is 0.377 e. The van der Waals surface area contributed by atoms with Crippen molar-refractivity contribution in [2.75, 3.05) is 13.7 Å². The molecule has 8 heteroatoms. The van der Waals surface area contributed by atoms with E-state index in [-0.39, 0.29) is 12.4 Å². The second kappa shape index (κ2) is 9.36. The number of benzene rings is 2. The number of nitrogens with zero attached hydrogens (tertiary/aromatic N) is 2. The molecule has 0 aliphatic heterocycles. The predicted octanol–water partition coefficient (Wildman–Crippen LogP) is 5.27. The molecule has 0 unspecified atom stereocenters. The lowest BCUT2D eigenvalue weighted by Gasteiger charge is -2.09. The van der Waals surface area contributed by atoms with Crippen LogP contribution in [-0.2, 0) is 22.7 Å². The number of fused-ring (bicyclic) bond motifs is 3. The molecule has 0 amide bonds. The molecule has 0 saturated carbocycles. The molecule has 1 N–H and O–H groups in total. The maximum atomic E-state index is 12.0. The number of carbonyl (C=O) groups is 1. The van der Waals surface area contributed by atoms with Crippen LogP contribution in [0.1, 0.15) is 28.6 Å². The Morgan fingerprint density at radius 2 is 1.91 bits per heavy atom. The van der Waals surface area contributed by atoms with Gasteiger partial charge in [-0.25, -0.2) is 4.79 Å². The van der Waals surface area contributed by atoms with Crippen LogP contribution in [0.15, 0.2) is 65.3 Å². The summed E-state index contributed by atoms with van der Waals surface area (Å²) in [5.41, 5.74) is 4.74. The Hall–Kier alpha value is -4.17. The molecule has 0 bridgehead atoms. The quantitative estimate of drug-likeness (QED) is 0.317. The number of hydrogen-bond acceptors (Lipinski definition) is 7. The topological polar surface area (TPSA) is 99.5 Å². The molecule has 2 aromatic carbocycles. The van der Waals surface area contributed by atoms with Crippen molar-refractivity contribution >= 4 is 27.8 Å². The highest BCUT2D eigenvalue weighted by molar-refractivity contribution is 6.10. The van der Waals surface area contributed by atoms with Gasteiger partial charge < -0.3 is 23.7 Å². The van der Waals surface area contributed by atoms with E-state index in [1.807, 2.05) is 48.5 Å². The van der Waals surface area contributed by atoms with Crippen molar-refractivity contribution in [2.24, 2.45) is 0 Å². The standard InChI is InChI=1S/C26H23N3O5/c1-3-32-26(30)23-12-21(29-34-23)25-19(15-31-2)24-18-11-17(33-14-16-7-5-4-6-8-16)9-10-20(18)28-22(24)13-27-25/h4-13,28H,3,14-15H2,1-2H3. The highest BCUT2D eigenvalue weighted by Gasteiger charge is 2.21. The molecule has 5 aromatic rings. The SMILES string of the molecule is CCOC(=O)c1cc(-c2ncc3[nH]c4ccc(OCc5ccccc5)cc4c3c2COC)no1. The second-order valence-electron chi connectivity index (χ2n) is 7.71. The zero-order valence-corrected chi connectivity index (χ0v) is 18.8. The van der Waals surface area contributed by atoms with Crippen LogP contribution in [0.4, 0.5) is 0 Å². The number of rotatable bonds is 8. The summed E-state index contributed by atoms with van der Waals surface area (Å²) in [6.07, 6.45) is 1.74. The Morgan fingerprint density at radius 1 is 1.06 bits per heavy atom. The number of aromatic amines is 1. The Balaban J connectivity index is 1.57. The molecule has 0 fully saturated rings. The smallest absolute Gasteiger partial charge is 0.377 e. The number of nitrogens with one attached hydrogen (secondary N) is 1. The number of methoxy groups -OCH3 is 1. The molecule has 0 saturated heterocycles. The van der Waals surface area contributed by atoms with Crippen molar-refractivity contribution in [2.45, 2.75) is 20.1 Å². The largest absolute Gasteiger partial charge is 0.489 e. The van der Waals surface area contributed by atoms with Crippen molar-refractivity contribution in [3.63, 3.8) is 0 Å². The van der Waals surface area contributed by atoms with E-state index < -0.39 is 5.97 Å². The van der Waals surface area contributed by atoms with Gasteiger partial charge in [-0.2, -0.15) is 0 Å². The van der Waals surface area contributed by atoms with Crippen LogP contribution in [0.25, 0.3) is 33.2 Å². The average molecular weight is 457 g/mol. The van der Waals surface area contributed by atoms with E-state index >= 15 is 0 Å². The lowest BCUT2D eigenvalue weighted by molar-refractivity contribution is 0.0479. The van der Waals surface area contributed by atoms with Crippen molar-refractivity contribution in [1.82, 2.24) is 15.1 Å². The fourth-order valence-electron chi connectivity index (χ4n) is 3.96. The van der Waals surface area contributed by atoms with Crippen molar-refractivity contribution in [3.8, 4) is 17.1 Å². The van der Waals surface area contributed by atoms with Gasteiger partial charge in [-0.05, 0) is 30.7 Å². The second-order valence-corrected chi connectivity index (χ2v) is 7.71. The molecule has 5 rings (SSSR count). The minimum absolute atomic E-state index is 0.0256. The third-order valence-electron chi connectivity index (χ3n) is 5.48. The Morgan fingerprint density at radius 3 is 2.71 bits per heavy atom. The molecule has 172 valence electrons. The van der Waals surface area contributed by atoms with Gasteiger partial charge in [0, 0.05) is 35.0 Å². The zero-order chi connectivity index (χ0) is 23.5. The van der Waals surface area contributed by atoms with E-state index in [2.05, 4.69) is 15.1 Å². The number of pyridine rings is 1. The molecular weight excluding hydrogens is 434 g/mol. The first-order valence-corrected chi connectivity index (χ1v) is 10.9. The summed E-state index contributed by atoms with van der Waals surface area (Å²) in [7, 11) is 1.62. The highest BCUT2D eigenvalue weighted by atomic mass is 16.6. The van der Waals surface area contributed by atoms with Crippen LogP contribution in [0.3, 0.4) is 0 Å². The number of aromatic nitrogens is 3. The van der Waals surface area contributed by atoms with Crippen molar-refractivity contribution < 1.29 is 23.5 Å². The van der Waals surface area contributed by atoms with Gasteiger partial charge in [0.15, 0.2) is 0 Å². The minimum Gasteiger partial charge on any atom is -0.489 e. The van der Waals surface area contributed by atoms with Crippen molar-refractivity contribution in [1.29, 1.82) is 0 Å². The Bertz CT molecular complexity index is 1460. The molecule has 0 radical (unpaired) electrons. The van der Waals surface area contributed by atoms with Gasteiger partial charge in [0.05, 0.1) is 30.6 Å². The van der Waals surface area contributed by atoms with Crippen LogP contribution in [0, 0.1) is 0 Å². The Labute approximate surface area is 195 Å². The first-order chi connectivity index (χ1) is 16.7. The van der Waals surface area contributed by atoms with Gasteiger partial charge in [-0.3, -0.25) is 4.98 Å². The normalized spacial score (nSPS) is 11.2. The lowest BCUT2D eigenvalue weighted by Crippen LogP contribution is -2.02. The van der Waals surface area contributed by atoms with Crippen LogP contribution in [-0.4, -0.2) is 34.8 Å². The number of hydrogen-bond donors (Lipinski definition) is 1. The molecule has 8 nitrogen and oxygen atoms in total. The first-order valence-electron chi connectivity index (χ1n) is 10.9. The van der Waals surface area contributed by atoms with Crippen molar-refractivity contribution in [3.05, 3.63) is 77.7 Å². The summed E-state index contributed by atoms with van der Waals surface area (Å²) in [4.78, 5) is 20.0. The lowest BCUT2D eigenvalue weighted by atomic mass is 10.0. The predicted molar refractivity (Wildman–Crippen MR) is 127 cm³/mol. The van der Waals surface area contributed by atoms with Crippen LogP contribution >= 0.6 is 0 Å². The van der Waals surface area contributed by atoms with E-state index in [9.17, 15) is 4.79 Å². The number of H-pyrrole nitrogens is 1. The summed E-state index contributed by atoms with van der Waals surface area (Å²) < 4.78 is 21.8. The summed E-state index contributed by atoms with van der Waals surface area (Å²) in [5, 5.41) is 5.98.